The van der Waals surface area contributed by atoms with E-state index in [9.17, 15) is 9.90 Å². The topological polar surface area (TPSA) is 71.7 Å². The molecule has 0 bridgehead atoms. The summed E-state index contributed by atoms with van der Waals surface area (Å²) in [5, 5.41) is 12.1. The van der Waals surface area contributed by atoms with Gasteiger partial charge in [0.15, 0.2) is 5.76 Å². The minimum Gasteiger partial charge on any atom is -0.508 e. The Morgan fingerprint density at radius 2 is 1.96 bits per heavy atom. The Kier molecular flexibility index (Phi) is 4.75. The quantitative estimate of drug-likeness (QED) is 0.722. The molecule has 128 valence electrons. The normalized spacial score (nSPS) is 10.5. The van der Waals surface area contributed by atoms with E-state index < -0.39 is 0 Å². The van der Waals surface area contributed by atoms with Gasteiger partial charge < -0.3 is 19.6 Å². The molecule has 3 rings (SSSR count). The maximum Gasteiger partial charge on any atom is 0.291 e. The highest BCUT2D eigenvalue weighted by Crippen LogP contribution is 2.21. The van der Waals surface area contributed by atoms with E-state index in [1.165, 1.54) is 12.1 Å². The van der Waals surface area contributed by atoms with Crippen LogP contribution < -0.4 is 10.1 Å². The lowest BCUT2D eigenvalue weighted by atomic mass is 10.1. The van der Waals surface area contributed by atoms with Crippen molar-refractivity contribution < 1.29 is 19.1 Å². The molecule has 0 saturated carbocycles. The first-order chi connectivity index (χ1) is 12.0. The molecule has 0 radical (unpaired) electrons. The number of furan rings is 1. The van der Waals surface area contributed by atoms with Gasteiger partial charge in [0.1, 0.15) is 23.9 Å². The predicted molar refractivity (Wildman–Crippen MR) is 95.0 cm³/mol. The molecule has 5 heteroatoms. The van der Waals surface area contributed by atoms with E-state index in [2.05, 4.69) is 5.32 Å². The fourth-order valence-electron chi connectivity index (χ4n) is 2.37. The highest BCUT2D eigenvalue weighted by atomic mass is 16.5. The average molecular weight is 337 g/mol. The molecule has 0 atom stereocenters. The van der Waals surface area contributed by atoms with Gasteiger partial charge in [-0.1, -0.05) is 18.2 Å². The highest BCUT2D eigenvalue weighted by Gasteiger charge is 2.12. The molecule has 1 amide bonds. The summed E-state index contributed by atoms with van der Waals surface area (Å²) in [5.74, 6) is 1.23. The van der Waals surface area contributed by atoms with Crippen LogP contribution in [0.5, 0.6) is 11.5 Å². The molecule has 0 saturated heterocycles. The molecular formula is C20H19NO4. The standard InChI is InChI=1S/C20H19NO4/c1-13-6-7-14(2)19(10-13)24-12-17-8-9-18(25-17)20(23)21-15-4-3-5-16(22)11-15/h3-11,22H,12H2,1-2H3,(H,21,23). The van der Waals surface area contributed by atoms with Crippen molar-refractivity contribution in [2.24, 2.45) is 0 Å². The largest absolute Gasteiger partial charge is 0.508 e. The van der Waals surface area contributed by atoms with E-state index in [-0.39, 0.29) is 24.0 Å². The van der Waals surface area contributed by atoms with Crippen LogP contribution in [0.4, 0.5) is 5.69 Å². The summed E-state index contributed by atoms with van der Waals surface area (Å²) < 4.78 is 11.3. The number of amides is 1. The van der Waals surface area contributed by atoms with Gasteiger partial charge in [-0.15, -0.1) is 0 Å². The summed E-state index contributed by atoms with van der Waals surface area (Å²) in [6, 6.07) is 15.6. The summed E-state index contributed by atoms with van der Waals surface area (Å²) in [7, 11) is 0. The number of nitrogens with one attached hydrogen (secondary N) is 1. The van der Waals surface area contributed by atoms with Crippen molar-refractivity contribution in [3.05, 3.63) is 77.2 Å². The van der Waals surface area contributed by atoms with Gasteiger partial charge in [-0.25, -0.2) is 0 Å². The molecule has 0 aliphatic heterocycles. The molecule has 2 aromatic carbocycles. The lowest BCUT2D eigenvalue weighted by Crippen LogP contribution is -2.10. The van der Waals surface area contributed by atoms with Crippen LogP contribution in [0.25, 0.3) is 0 Å². The Morgan fingerprint density at radius 3 is 2.76 bits per heavy atom. The molecule has 1 aromatic heterocycles. The maximum atomic E-state index is 12.2. The van der Waals surface area contributed by atoms with Crippen molar-refractivity contribution >= 4 is 11.6 Å². The third-order valence-corrected chi connectivity index (χ3v) is 3.70. The smallest absolute Gasteiger partial charge is 0.291 e. The number of hydrogen-bond acceptors (Lipinski definition) is 4. The average Bonchev–Trinajstić information content (AvgIpc) is 3.05. The number of aryl methyl sites for hydroxylation is 2. The summed E-state index contributed by atoms with van der Waals surface area (Å²) in [5.41, 5.74) is 2.65. The van der Waals surface area contributed by atoms with Crippen LogP contribution in [-0.4, -0.2) is 11.0 Å². The number of aromatic hydroxyl groups is 1. The van der Waals surface area contributed by atoms with E-state index in [0.29, 0.717) is 11.4 Å². The maximum absolute atomic E-state index is 12.2. The molecule has 3 aromatic rings. The number of phenolic OH excluding ortho intramolecular Hbond substituents is 1. The first-order valence-electron chi connectivity index (χ1n) is 7.90. The summed E-state index contributed by atoms with van der Waals surface area (Å²) in [6.45, 7) is 4.22. The van der Waals surface area contributed by atoms with Crippen molar-refractivity contribution in [3.8, 4) is 11.5 Å². The SMILES string of the molecule is Cc1ccc(C)c(OCc2ccc(C(=O)Nc3cccc(O)c3)o2)c1. The Hall–Kier alpha value is -3.21. The minimum absolute atomic E-state index is 0.0832. The van der Waals surface area contributed by atoms with Crippen molar-refractivity contribution in [1.82, 2.24) is 0 Å². The fourth-order valence-corrected chi connectivity index (χ4v) is 2.37. The van der Waals surface area contributed by atoms with Crippen LogP contribution in [0.3, 0.4) is 0 Å². The molecule has 1 heterocycles. The fraction of sp³-hybridized carbons (Fsp3) is 0.150. The third kappa shape index (κ3) is 4.20. The number of phenols is 1. The van der Waals surface area contributed by atoms with Gasteiger partial charge in [0.25, 0.3) is 5.91 Å². The zero-order chi connectivity index (χ0) is 17.8. The number of hydrogen-bond donors (Lipinski definition) is 2. The minimum atomic E-state index is -0.386. The van der Waals surface area contributed by atoms with Crippen LogP contribution in [0.2, 0.25) is 0 Å². The molecular weight excluding hydrogens is 318 g/mol. The van der Waals surface area contributed by atoms with Crippen molar-refractivity contribution in [2.75, 3.05) is 5.32 Å². The van der Waals surface area contributed by atoms with Gasteiger partial charge in [-0.2, -0.15) is 0 Å². The number of carbonyl (C=O) groups is 1. The number of carbonyl (C=O) groups excluding carboxylic acids is 1. The predicted octanol–water partition coefficient (Wildman–Crippen LogP) is 4.43. The van der Waals surface area contributed by atoms with Crippen molar-refractivity contribution in [2.45, 2.75) is 20.5 Å². The molecule has 0 aliphatic rings. The Morgan fingerprint density at radius 1 is 1.12 bits per heavy atom. The van der Waals surface area contributed by atoms with Gasteiger partial charge >= 0.3 is 0 Å². The van der Waals surface area contributed by atoms with Crippen LogP contribution in [0.1, 0.15) is 27.4 Å². The van der Waals surface area contributed by atoms with Gasteiger partial charge in [-0.3, -0.25) is 4.79 Å². The molecule has 0 unspecified atom stereocenters. The second kappa shape index (κ2) is 7.13. The van der Waals surface area contributed by atoms with Crippen molar-refractivity contribution in [3.63, 3.8) is 0 Å². The van der Waals surface area contributed by atoms with E-state index in [1.54, 1.807) is 24.3 Å². The lowest BCUT2D eigenvalue weighted by Gasteiger charge is -2.08. The van der Waals surface area contributed by atoms with E-state index in [1.807, 2.05) is 32.0 Å². The monoisotopic (exact) mass is 337 g/mol. The Bertz CT molecular complexity index is 898. The molecule has 0 spiro atoms. The third-order valence-electron chi connectivity index (χ3n) is 3.70. The second-order valence-electron chi connectivity index (χ2n) is 5.83. The van der Waals surface area contributed by atoms with Crippen molar-refractivity contribution in [1.29, 1.82) is 0 Å². The number of anilines is 1. The van der Waals surface area contributed by atoms with E-state index >= 15 is 0 Å². The molecule has 2 N–H and O–H groups in total. The number of rotatable bonds is 5. The Labute approximate surface area is 145 Å². The first-order valence-corrected chi connectivity index (χ1v) is 7.90. The summed E-state index contributed by atoms with van der Waals surface area (Å²) in [6.07, 6.45) is 0. The summed E-state index contributed by atoms with van der Waals surface area (Å²) >= 11 is 0. The van der Waals surface area contributed by atoms with E-state index in [0.717, 1.165) is 16.9 Å². The molecule has 0 aliphatic carbocycles. The highest BCUT2D eigenvalue weighted by molar-refractivity contribution is 6.02. The Balaban J connectivity index is 1.63. The molecule has 5 nitrogen and oxygen atoms in total. The van der Waals surface area contributed by atoms with Crippen LogP contribution >= 0.6 is 0 Å². The first kappa shape index (κ1) is 16.6. The van der Waals surface area contributed by atoms with Crippen LogP contribution in [-0.2, 0) is 6.61 Å². The number of ether oxygens (including phenoxy) is 1. The molecule has 25 heavy (non-hydrogen) atoms. The van der Waals surface area contributed by atoms with E-state index in [4.69, 9.17) is 9.15 Å². The summed E-state index contributed by atoms with van der Waals surface area (Å²) in [4.78, 5) is 12.2. The lowest BCUT2D eigenvalue weighted by molar-refractivity contribution is 0.0992. The van der Waals surface area contributed by atoms with Gasteiger partial charge in [0.05, 0.1) is 0 Å². The van der Waals surface area contributed by atoms with Gasteiger partial charge in [0.2, 0.25) is 0 Å². The second-order valence-corrected chi connectivity index (χ2v) is 5.83. The zero-order valence-corrected chi connectivity index (χ0v) is 14.1. The van der Waals surface area contributed by atoms with Gasteiger partial charge in [0, 0.05) is 11.8 Å². The zero-order valence-electron chi connectivity index (χ0n) is 14.1. The van der Waals surface area contributed by atoms with Crippen LogP contribution in [0, 0.1) is 13.8 Å². The number of benzene rings is 2. The van der Waals surface area contributed by atoms with Crippen LogP contribution in [0.15, 0.2) is 59.0 Å². The van der Waals surface area contributed by atoms with Gasteiger partial charge in [-0.05, 0) is 55.3 Å². The molecule has 0 fully saturated rings.